The number of carbonyl (C=O) groups excluding carboxylic acids is 1. The largest absolute Gasteiger partial charge is 0.340 e. The minimum Gasteiger partial charge on any atom is -0.340 e. The minimum atomic E-state index is -3.64. The number of benzene rings is 1. The second-order valence-electron chi connectivity index (χ2n) is 7.07. The van der Waals surface area contributed by atoms with Crippen LogP contribution in [0.4, 0.5) is 4.39 Å². The van der Waals surface area contributed by atoms with Gasteiger partial charge in [-0.2, -0.15) is 0 Å². The van der Waals surface area contributed by atoms with Crippen LogP contribution in [0.2, 0.25) is 0 Å². The molecular formula is C18H28ClFN4O3S. The average Bonchev–Trinajstić information content (AvgIpc) is 2.68. The van der Waals surface area contributed by atoms with Crippen molar-refractivity contribution >= 4 is 28.3 Å². The van der Waals surface area contributed by atoms with Crippen molar-refractivity contribution in [2.75, 3.05) is 45.8 Å². The van der Waals surface area contributed by atoms with E-state index >= 15 is 0 Å². The molecule has 10 heteroatoms. The Hall–Kier alpha value is -1.26. The third-order valence-corrected chi connectivity index (χ3v) is 6.68. The van der Waals surface area contributed by atoms with E-state index in [1.54, 1.807) is 0 Å². The Bertz CT molecular complexity index is 734. The predicted octanol–water partition coefficient (Wildman–Crippen LogP) is 0.812. The molecule has 158 valence electrons. The van der Waals surface area contributed by atoms with Gasteiger partial charge in [-0.1, -0.05) is 0 Å². The van der Waals surface area contributed by atoms with Crippen molar-refractivity contribution in [1.29, 1.82) is 0 Å². The van der Waals surface area contributed by atoms with Crippen molar-refractivity contribution in [1.82, 2.24) is 19.8 Å². The SMILES string of the molecule is Cl.O=C(CCN1CCC(NS(=O)(=O)c2ccc(F)cc2)CC1)N1CCNCC1. The molecule has 28 heavy (non-hydrogen) atoms. The van der Waals surface area contributed by atoms with Crippen molar-refractivity contribution in [3.05, 3.63) is 30.1 Å². The summed E-state index contributed by atoms with van der Waals surface area (Å²) in [6.45, 7) is 5.46. The zero-order chi connectivity index (χ0) is 19.3. The van der Waals surface area contributed by atoms with Crippen LogP contribution in [0.5, 0.6) is 0 Å². The summed E-state index contributed by atoms with van der Waals surface area (Å²) in [6, 6.07) is 4.70. The number of piperazine rings is 1. The molecule has 2 heterocycles. The number of carbonyl (C=O) groups is 1. The summed E-state index contributed by atoms with van der Waals surface area (Å²) in [5, 5.41) is 3.23. The Morgan fingerprint density at radius 2 is 1.71 bits per heavy atom. The van der Waals surface area contributed by atoms with E-state index < -0.39 is 15.8 Å². The highest BCUT2D eigenvalue weighted by atomic mass is 35.5. The lowest BCUT2D eigenvalue weighted by Crippen LogP contribution is -2.48. The summed E-state index contributed by atoms with van der Waals surface area (Å²) in [5.74, 6) is -0.270. The molecule has 0 radical (unpaired) electrons. The van der Waals surface area contributed by atoms with Gasteiger partial charge in [0.05, 0.1) is 4.90 Å². The molecule has 1 aromatic carbocycles. The van der Waals surface area contributed by atoms with Gasteiger partial charge in [0.15, 0.2) is 0 Å². The number of amides is 1. The number of piperidine rings is 1. The van der Waals surface area contributed by atoms with Crippen LogP contribution in [0.1, 0.15) is 19.3 Å². The number of likely N-dealkylation sites (tertiary alicyclic amines) is 1. The van der Waals surface area contributed by atoms with Crippen LogP contribution in [0, 0.1) is 5.82 Å². The second-order valence-corrected chi connectivity index (χ2v) is 8.79. The molecule has 0 spiro atoms. The molecule has 0 atom stereocenters. The smallest absolute Gasteiger partial charge is 0.240 e. The minimum absolute atomic E-state index is 0. The van der Waals surface area contributed by atoms with E-state index in [1.807, 2.05) is 4.90 Å². The highest BCUT2D eigenvalue weighted by Gasteiger charge is 2.25. The zero-order valence-electron chi connectivity index (χ0n) is 15.8. The maximum absolute atomic E-state index is 13.0. The second kappa shape index (κ2) is 10.5. The van der Waals surface area contributed by atoms with E-state index in [0.29, 0.717) is 25.8 Å². The molecule has 0 aromatic heterocycles. The first-order chi connectivity index (χ1) is 12.9. The molecule has 2 N–H and O–H groups in total. The van der Waals surface area contributed by atoms with E-state index in [0.717, 1.165) is 51.4 Å². The molecule has 2 aliphatic rings. The molecule has 3 rings (SSSR count). The topological polar surface area (TPSA) is 81.8 Å². The fourth-order valence-corrected chi connectivity index (χ4v) is 4.81. The lowest BCUT2D eigenvalue weighted by molar-refractivity contribution is -0.132. The van der Waals surface area contributed by atoms with Crippen LogP contribution in [0.25, 0.3) is 0 Å². The number of nitrogens with one attached hydrogen (secondary N) is 2. The Morgan fingerprint density at radius 3 is 2.32 bits per heavy atom. The Kier molecular flexibility index (Phi) is 8.63. The standard InChI is InChI=1S/C18H27FN4O3S.ClH/c19-15-1-3-17(4-2-15)27(25,26)21-16-5-10-22(11-6-16)12-7-18(24)23-13-8-20-9-14-23;/h1-4,16,20-21H,5-14H2;1H. The molecule has 7 nitrogen and oxygen atoms in total. The Morgan fingerprint density at radius 1 is 1.11 bits per heavy atom. The van der Waals surface area contributed by atoms with Crippen LogP contribution in [0.3, 0.4) is 0 Å². The van der Waals surface area contributed by atoms with Crippen LogP contribution in [0.15, 0.2) is 29.2 Å². The summed E-state index contributed by atoms with van der Waals surface area (Å²) in [5.41, 5.74) is 0. The van der Waals surface area contributed by atoms with Crippen molar-refractivity contribution in [3.8, 4) is 0 Å². The van der Waals surface area contributed by atoms with Crippen molar-refractivity contribution in [3.63, 3.8) is 0 Å². The molecule has 0 saturated carbocycles. The van der Waals surface area contributed by atoms with Gasteiger partial charge in [0, 0.05) is 45.2 Å². The first-order valence-corrected chi connectivity index (χ1v) is 10.9. The maximum atomic E-state index is 13.0. The summed E-state index contributed by atoms with van der Waals surface area (Å²) in [7, 11) is -3.64. The molecule has 2 saturated heterocycles. The number of halogens is 2. The van der Waals surface area contributed by atoms with Crippen LogP contribution < -0.4 is 10.0 Å². The number of hydrogen-bond acceptors (Lipinski definition) is 5. The van der Waals surface area contributed by atoms with Crippen LogP contribution in [-0.2, 0) is 14.8 Å². The van der Waals surface area contributed by atoms with E-state index in [2.05, 4.69) is 14.9 Å². The van der Waals surface area contributed by atoms with Crippen LogP contribution in [-0.4, -0.2) is 76.0 Å². The van der Waals surface area contributed by atoms with Crippen molar-refractivity contribution in [2.45, 2.75) is 30.2 Å². The summed E-state index contributed by atoms with van der Waals surface area (Å²) in [6.07, 6.45) is 1.90. The normalized spacial score (nSPS) is 19.2. The average molecular weight is 435 g/mol. The van der Waals surface area contributed by atoms with E-state index in [-0.39, 0.29) is 29.3 Å². The van der Waals surface area contributed by atoms with Crippen molar-refractivity contribution in [2.24, 2.45) is 0 Å². The number of hydrogen-bond donors (Lipinski definition) is 2. The van der Waals surface area contributed by atoms with Gasteiger partial charge in [-0.15, -0.1) is 12.4 Å². The number of sulfonamides is 1. The fourth-order valence-electron chi connectivity index (χ4n) is 3.50. The first kappa shape index (κ1) is 23.0. The van der Waals surface area contributed by atoms with E-state index in [9.17, 15) is 17.6 Å². The third kappa shape index (κ3) is 6.38. The van der Waals surface area contributed by atoms with Gasteiger partial charge in [-0.3, -0.25) is 4.79 Å². The Labute approximate surface area is 172 Å². The monoisotopic (exact) mass is 434 g/mol. The van der Waals surface area contributed by atoms with Gasteiger partial charge < -0.3 is 15.1 Å². The van der Waals surface area contributed by atoms with Gasteiger partial charge in [-0.05, 0) is 50.2 Å². The number of nitrogens with zero attached hydrogens (tertiary/aromatic N) is 2. The molecule has 2 fully saturated rings. The van der Waals surface area contributed by atoms with Crippen LogP contribution >= 0.6 is 12.4 Å². The number of rotatable bonds is 6. The van der Waals surface area contributed by atoms with E-state index in [4.69, 9.17) is 0 Å². The van der Waals surface area contributed by atoms with Gasteiger partial charge in [-0.25, -0.2) is 17.5 Å². The molecule has 2 aliphatic heterocycles. The molecule has 1 amide bonds. The molecule has 1 aromatic rings. The maximum Gasteiger partial charge on any atom is 0.240 e. The van der Waals surface area contributed by atoms with Gasteiger partial charge >= 0.3 is 0 Å². The van der Waals surface area contributed by atoms with Gasteiger partial charge in [0.1, 0.15) is 5.82 Å². The van der Waals surface area contributed by atoms with Gasteiger partial charge in [0.2, 0.25) is 15.9 Å². The fraction of sp³-hybridized carbons (Fsp3) is 0.611. The molecular weight excluding hydrogens is 407 g/mol. The summed E-state index contributed by atoms with van der Waals surface area (Å²) < 4.78 is 40.4. The molecule has 0 bridgehead atoms. The molecule has 0 aliphatic carbocycles. The zero-order valence-corrected chi connectivity index (χ0v) is 17.4. The van der Waals surface area contributed by atoms with E-state index in [1.165, 1.54) is 12.1 Å². The summed E-state index contributed by atoms with van der Waals surface area (Å²) >= 11 is 0. The predicted molar refractivity (Wildman–Crippen MR) is 107 cm³/mol. The molecule has 0 unspecified atom stereocenters. The highest BCUT2D eigenvalue weighted by molar-refractivity contribution is 7.89. The quantitative estimate of drug-likeness (QED) is 0.692. The van der Waals surface area contributed by atoms with Crippen molar-refractivity contribution < 1.29 is 17.6 Å². The van der Waals surface area contributed by atoms with Gasteiger partial charge in [0.25, 0.3) is 0 Å². The first-order valence-electron chi connectivity index (χ1n) is 9.43. The lowest BCUT2D eigenvalue weighted by Gasteiger charge is -2.33. The Balaban J connectivity index is 0.00000280. The highest BCUT2D eigenvalue weighted by Crippen LogP contribution is 2.16. The lowest BCUT2D eigenvalue weighted by atomic mass is 10.1. The third-order valence-electron chi connectivity index (χ3n) is 5.14. The summed E-state index contributed by atoms with van der Waals surface area (Å²) in [4.78, 5) is 16.4.